The van der Waals surface area contributed by atoms with Gasteiger partial charge in [0.25, 0.3) is 0 Å². The Bertz CT molecular complexity index is 451. The van der Waals surface area contributed by atoms with Crippen LogP contribution in [0.5, 0.6) is 11.5 Å². The molecule has 0 unspecified atom stereocenters. The predicted octanol–water partition coefficient (Wildman–Crippen LogP) is 1.81. The van der Waals surface area contributed by atoms with E-state index in [0.29, 0.717) is 6.79 Å². The molecular formula is C10H8N2O2. The Morgan fingerprint density at radius 2 is 2.07 bits per heavy atom. The Labute approximate surface area is 80.5 Å². The van der Waals surface area contributed by atoms with Crippen LogP contribution in [0.2, 0.25) is 0 Å². The van der Waals surface area contributed by atoms with E-state index in [-0.39, 0.29) is 0 Å². The van der Waals surface area contributed by atoms with Crippen molar-refractivity contribution in [2.24, 2.45) is 0 Å². The number of aromatic amines is 1. The van der Waals surface area contributed by atoms with Gasteiger partial charge < -0.3 is 9.47 Å². The lowest BCUT2D eigenvalue weighted by Gasteiger charge is -1.99. The maximum absolute atomic E-state index is 5.28. The van der Waals surface area contributed by atoms with Gasteiger partial charge >= 0.3 is 0 Å². The van der Waals surface area contributed by atoms with Gasteiger partial charge in [0.2, 0.25) is 6.79 Å². The minimum absolute atomic E-state index is 0.310. The van der Waals surface area contributed by atoms with Crippen LogP contribution in [0.25, 0.3) is 11.1 Å². The van der Waals surface area contributed by atoms with Crippen molar-refractivity contribution in [1.29, 1.82) is 0 Å². The molecule has 0 atom stereocenters. The van der Waals surface area contributed by atoms with Gasteiger partial charge in [-0.1, -0.05) is 6.07 Å². The number of fused-ring (bicyclic) bond motifs is 1. The molecule has 1 aliphatic heterocycles. The van der Waals surface area contributed by atoms with Crippen molar-refractivity contribution >= 4 is 0 Å². The average molecular weight is 188 g/mol. The van der Waals surface area contributed by atoms with Crippen molar-refractivity contribution in [1.82, 2.24) is 10.2 Å². The van der Waals surface area contributed by atoms with Crippen molar-refractivity contribution in [2.45, 2.75) is 0 Å². The molecule has 4 heteroatoms. The summed E-state index contributed by atoms with van der Waals surface area (Å²) in [6.07, 6.45) is 3.62. The van der Waals surface area contributed by atoms with Crippen LogP contribution in [0.15, 0.2) is 30.6 Å². The number of ether oxygens (including phenoxy) is 2. The van der Waals surface area contributed by atoms with E-state index in [9.17, 15) is 0 Å². The van der Waals surface area contributed by atoms with Crippen LogP contribution in [0.4, 0.5) is 0 Å². The first-order valence-electron chi connectivity index (χ1n) is 4.32. The molecule has 0 saturated carbocycles. The molecule has 70 valence electrons. The van der Waals surface area contributed by atoms with E-state index in [0.717, 1.165) is 22.6 Å². The van der Waals surface area contributed by atoms with Crippen LogP contribution in [-0.2, 0) is 0 Å². The SMILES string of the molecule is c1cc2c(cc1-c1cn[nH]c1)OCO2. The van der Waals surface area contributed by atoms with Crippen LogP contribution in [-0.4, -0.2) is 17.0 Å². The van der Waals surface area contributed by atoms with Crippen molar-refractivity contribution in [2.75, 3.05) is 6.79 Å². The zero-order chi connectivity index (χ0) is 9.38. The number of rotatable bonds is 1. The van der Waals surface area contributed by atoms with E-state index in [4.69, 9.17) is 9.47 Å². The molecule has 1 aromatic carbocycles. The Morgan fingerprint density at radius 3 is 2.93 bits per heavy atom. The van der Waals surface area contributed by atoms with Crippen LogP contribution in [0.3, 0.4) is 0 Å². The summed E-state index contributed by atoms with van der Waals surface area (Å²) in [6, 6.07) is 5.84. The van der Waals surface area contributed by atoms with Crippen molar-refractivity contribution in [3.63, 3.8) is 0 Å². The standard InChI is InChI=1S/C10H8N2O2/c1-2-9-10(14-6-13-9)3-7(1)8-4-11-12-5-8/h1-5H,6H2,(H,11,12). The van der Waals surface area contributed by atoms with E-state index < -0.39 is 0 Å². The van der Waals surface area contributed by atoms with Crippen LogP contribution >= 0.6 is 0 Å². The molecule has 2 aromatic rings. The monoisotopic (exact) mass is 188 g/mol. The lowest BCUT2D eigenvalue weighted by Crippen LogP contribution is -1.92. The van der Waals surface area contributed by atoms with E-state index in [1.807, 2.05) is 24.4 Å². The highest BCUT2D eigenvalue weighted by Crippen LogP contribution is 2.35. The second-order valence-corrected chi connectivity index (χ2v) is 3.06. The molecule has 14 heavy (non-hydrogen) atoms. The lowest BCUT2D eigenvalue weighted by molar-refractivity contribution is 0.174. The number of aromatic nitrogens is 2. The highest BCUT2D eigenvalue weighted by atomic mass is 16.7. The Balaban J connectivity index is 2.09. The summed E-state index contributed by atoms with van der Waals surface area (Å²) in [4.78, 5) is 0. The molecule has 2 heterocycles. The van der Waals surface area contributed by atoms with Crippen LogP contribution < -0.4 is 9.47 Å². The quantitative estimate of drug-likeness (QED) is 0.742. The second-order valence-electron chi connectivity index (χ2n) is 3.06. The summed E-state index contributed by atoms with van der Waals surface area (Å²) in [5, 5.41) is 6.67. The highest BCUT2D eigenvalue weighted by molar-refractivity contribution is 5.66. The van der Waals surface area contributed by atoms with Gasteiger partial charge in [0.1, 0.15) is 0 Å². The predicted molar refractivity (Wildman–Crippen MR) is 50.1 cm³/mol. The second kappa shape index (κ2) is 2.77. The zero-order valence-corrected chi connectivity index (χ0v) is 7.36. The minimum Gasteiger partial charge on any atom is -0.454 e. The van der Waals surface area contributed by atoms with E-state index >= 15 is 0 Å². The average Bonchev–Trinajstić information content (AvgIpc) is 2.88. The summed E-state index contributed by atoms with van der Waals surface area (Å²) >= 11 is 0. The smallest absolute Gasteiger partial charge is 0.231 e. The molecule has 4 nitrogen and oxygen atoms in total. The Hall–Kier alpha value is -1.97. The van der Waals surface area contributed by atoms with Gasteiger partial charge in [0.15, 0.2) is 11.5 Å². The molecule has 0 bridgehead atoms. The van der Waals surface area contributed by atoms with Gasteiger partial charge in [-0.15, -0.1) is 0 Å². The molecule has 0 spiro atoms. The number of H-pyrrole nitrogens is 1. The molecule has 3 rings (SSSR count). The fraction of sp³-hybridized carbons (Fsp3) is 0.100. The summed E-state index contributed by atoms with van der Waals surface area (Å²) < 4.78 is 10.5. The number of nitrogens with one attached hydrogen (secondary N) is 1. The van der Waals surface area contributed by atoms with E-state index in [1.54, 1.807) is 6.20 Å². The third kappa shape index (κ3) is 1.04. The fourth-order valence-corrected chi connectivity index (χ4v) is 1.48. The number of benzene rings is 1. The summed E-state index contributed by atoms with van der Waals surface area (Å²) in [7, 11) is 0. The highest BCUT2D eigenvalue weighted by Gasteiger charge is 2.13. The molecule has 1 aromatic heterocycles. The third-order valence-electron chi connectivity index (χ3n) is 2.20. The Kier molecular flexibility index (Phi) is 1.47. The van der Waals surface area contributed by atoms with Crippen LogP contribution in [0.1, 0.15) is 0 Å². The maximum atomic E-state index is 5.28. The van der Waals surface area contributed by atoms with Crippen LogP contribution in [0, 0.1) is 0 Å². The first-order valence-corrected chi connectivity index (χ1v) is 4.32. The van der Waals surface area contributed by atoms with E-state index in [2.05, 4.69) is 10.2 Å². The normalized spacial score (nSPS) is 13.1. The molecule has 0 saturated heterocycles. The number of hydrogen-bond acceptors (Lipinski definition) is 3. The minimum atomic E-state index is 0.310. The lowest BCUT2D eigenvalue weighted by atomic mass is 10.1. The molecular weight excluding hydrogens is 180 g/mol. The Morgan fingerprint density at radius 1 is 1.14 bits per heavy atom. The fourth-order valence-electron chi connectivity index (χ4n) is 1.48. The zero-order valence-electron chi connectivity index (χ0n) is 7.36. The largest absolute Gasteiger partial charge is 0.454 e. The van der Waals surface area contributed by atoms with Gasteiger partial charge in [0.05, 0.1) is 6.20 Å². The summed E-state index contributed by atoms with van der Waals surface area (Å²) in [5.41, 5.74) is 2.12. The molecule has 0 amide bonds. The molecule has 0 aliphatic carbocycles. The molecule has 1 N–H and O–H groups in total. The molecule has 0 fully saturated rings. The van der Waals surface area contributed by atoms with Crippen molar-refractivity contribution < 1.29 is 9.47 Å². The summed E-state index contributed by atoms with van der Waals surface area (Å²) in [5.74, 6) is 1.60. The van der Waals surface area contributed by atoms with E-state index in [1.165, 1.54) is 0 Å². The summed E-state index contributed by atoms with van der Waals surface area (Å²) in [6.45, 7) is 0.310. The third-order valence-corrected chi connectivity index (χ3v) is 2.20. The van der Waals surface area contributed by atoms with Gasteiger partial charge in [0, 0.05) is 11.8 Å². The number of hydrogen-bond donors (Lipinski definition) is 1. The first kappa shape index (κ1) is 7.44. The van der Waals surface area contributed by atoms with Crippen molar-refractivity contribution in [3.8, 4) is 22.6 Å². The van der Waals surface area contributed by atoms with Crippen molar-refractivity contribution in [3.05, 3.63) is 30.6 Å². The maximum Gasteiger partial charge on any atom is 0.231 e. The van der Waals surface area contributed by atoms with Gasteiger partial charge in [-0.25, -0.2) is 0 Å². The molecule has 0 radical (unpaired) electrons. The first-order chi connectivity index (χ1) is 6.93. The number of nitrogens with zero attached hydrogens (tertiary/aromatic N) is 1. The van der Waals surface area contributed by atoms with Gasteiger partial charge in [-0.2, -0.15) is 5.10 Å². The van der Waals surface area contributed by atoms with Gasteiger partial charge in [-0.3, -0.25) is 5.10 Å². The molecule has 1 aliphatic rings. The van der Waals surface area contributed by atoms with Gasteiger partial charge in [-0.05, 0) is 17.7 Å². The topological polar surface area (TPSA) is 47.1 Å².